The molecule has 0 aliphatic heterocycles. The zero-order valence-electron chi connectivity index (χ0n) is 9.87. The second-order valence-corrected chi connectivity index (χ2v) is 4.73. The van der Waals surface area contributed by atoms with Crippen LogP contribution in [0.3, 0.4) is 0 Å². The van der Waals surface area contributed by atoms with Gasteiger partial charge in [-0.15, -0.1) is 0 Å². The quantitative estimate of drug-likeness (QED) is 0.579. The molecule has 0 aliphatic carbocycles. The van der Waals surface area contributed by atoms with E-state index in [1.165, 1.54) is 0 Å². The molecule has 3 atom stereocenters. The van der Waals surface area contributed by atoms with Crippen LogP contribution in [-0.4, -0.2) is 18.1 Å². The molecule has 0 rings (SSSR count). The first kappa shape index (κ1) is 13.9. The molecule has 0 heterocycles. The lowest BCUT2D eigenvalue weighted by Crippen LogP contribution is -2.30. The lowest BCUT2D eigenvalue weighted by atomic mass is 9.89. The molecular formula is C11H27N3. The Morgan fingerprint density at radius 1 is 0.714 bits per heavy atom. The van der Waals surface area contributed by atoms with Gasteiger partial charge in [-0.05, 0) is 52.4 Å². The smallest absolute Gasteiger partial charge is 0.00387 e. The van der Waals surface area contributed by atoms with Gasteiger partial charge in [-0.1, -0.05) is 0 Å². The molecule has 3 heteroatoms. The molecule has 0 aromatic rings. The zero-order valence-corrected chi connectivity index (χ0v) is 9.87. The minimum absolute atomic E-state index is 0.257. The first-order valence-corrected chi connectivity index (χ1v) is 5.70. The second-order valence-electron chi connectivity index (χ2n) is 4.73. The molecular weight excluding hydrogens is 174 g/mol. The van der Waals surface area contributed by atoms with Crippen molar-refractivity contribution >= 4 is 0 Å². The Balaban J connectivity index is 3.78. The summed E-state index contributed by atoms with van der Waals surface area (Å²) >= 11 is 0. The van der Waals surface area contributed by atoms with E-state index in [0.717, 1.165) is 25.7 Å². The Morgan fingerprint density at radius 2 is 1.07 bits per heavy atom. The van der Waals surface area contributed by atoms with Gasteiger partial charge in [-0.3, -0.25) is 0 Å². The number of hydrogen-bond acceptors (Lipinski definition) is 3. The molecule has 3 nitrogen and oxygen atoms in total. The van der Waals surface area contributed by atoms with E-state index < -0.39 is 0 Å². The van der Waals surface area contributed by atoms with Crippen molar-refractivity contribution in [3.8, 4) is 0 Å². The van der Waals surface area contributed by atoms with Crippen molar-refractivity contribution in [2.75, 3.05) is 0 Å². The van der Waals surface area contributed by atoms with Gasteiger partial charge in [-0.25, -0.2) is 0 Å². The lowest BCUT2D eigenvalue weighted by molar-refractivity contribution is 0.349. The van der Waals surface area contributed by atoms with Gasteiger partial charge in [-0.2, -0.15) is 0 Å². The monoisotopic (exact) mass is 201 g/mol. The Morgan fingerprint density at radius 3 is 1.29 bits per heavy atom. The highest BCUT2D eigenvalue weighted by Gasteiger charge is 2.14. The fraction of sp³-hybridized carbons (Fsp3) is 1.00. The van der Waals surface area contributed by atoms with Gasteiger partial charge in [0, 0.05) is 18.1 Å². The van der Waals surface area contributed by atoms with E-state index in [1.807, 2.05) is 13.8 Å². The van der Waals surface area contributed by atoms with Crippen LogP contribution in [0.2, 0.25) is 0 Å². The molecule has 0 spiro atoms. The van der Waals surface area contributed by atoms with Crippen LogP contribution in [0.15, 0.2) is 0 Å². The molecule has 0 aliphatic rings. The van der Waals surface area contributed by atoms with Crippen molar-refractivity contribution in [2.45, 2.75) is 64.6 Å². The molecule has 0 amide bonds. The summed E-state index contributed by atoms with van der Waals surface area (Å²) in [7, 11) is 0. The number of nitrogens with two attached hydrogens (primary N) is 3. The maximum Gasteiger partial charge on any atom is 0.00387 e. The molecule has 0 aromatic carbocycles. The summed E-state index contributed by atoms with van der Waals surface area (Å²) in [6.45, 7) is 6.17. The predicted molar refractivity (Wildman–Crippen MR) is 62.9 cm³/mol. The Labute approximate surface area is 88.4 Å². The fourth-order valence-corrected chi connectivity index (χ4v) is 1.62. The van der Waals surface area contributed by atoms with Gasteiger partial charge >= 0.3 is 0 Å². The molecule has 0 fully saturated rings. The highest BCUT2D eigenvalue weighted by Crippen LogP contribution is 2.18. The number of hydrogen-bond donors (Lipinski definition) is 3. The van der Waals surface area contributed by atoms with E-state index in [9.17, 15) is 0 Å². The van der Waals surface area contributed by atoms with Crippen molar-refractivity contribution in [1.82, 2.24) is 0 Å². The van der Waals surface area contributed by atoms with Crippen LogP contribution < -0.4 is 17.2 Å². The average molecular weight is 201 g/mol. The molecule has 6 N–H and O–H groups in total. The third-order valence-corrected chi connectivity index (χ3v) is 2.73. The third-order valence-electron chi connectivity index (χ3n) is 2.73. The molecule has 0 saturated carbocycles. The summed E-state index contributed by atoms with van der Waals surface area (Å²) in [5.74, 6) is 0.576. The predicted octanol–water partition coefficient (Wildman–Crippen LogP) is 1.20. The van der Waals surface area contributed by atoms with Crippen LogP contribution in [0.25, 0.3) is 0 Å². The van der Waals surface area contributed by atoms with E-state index in [1.54, 1.807) is 0 Å². The third kappa shape index (κ3) is 7.30. The summed E-state index contributed by atoms with van der Waals surface area (Å²) in [4.78, 5) is 0. The molecule has 3 unspecified atom stereocenters. The van der Waals surface area contributed by atoms with Crippen LogP contribution in [0, 0.1) is 5.92 Å². The molecule has 14 heavy (non-hydrogen) atoms. The van der Waals surface area contributed by atoms with E-state index in [2.05, 4.69) is 6.92 Å². The van der Waals surface area contributed by atoms with Gasteiger partial charge in [0.1, 0.15) is 0 Å². The highest BCUT2D eigenvalue weighted by atomic mass is 14.6. The lowest BCUT2D eigenvalue weighted by Gasteiger charge is -2.22. The average Bonchev–Trinajstić information content (AvgIpc) is 2.02. The fourth-order valence-electron chi connectivity index (χ4n) is 1.62. The van der Waals surface area contributed by atoms with Crippen LogP contribution in [0.4, 0.5) is 0 Å². The summed E-state index contributed by atoms with van der Waals surface area (Å²) in [6, 6.07) is 0.825. The maximum absolute atomic E-state index is 5.93. The van der Waals surface area contributed by atoms with E-state index >= 15 is 0 Å². The van der Waals surface area contributed by atoms with Crippen LogP contribution in [0.1, 0.15) is 46.5 Å². The van der Waals surface area contributed by atoms with Crippen molar-refractivity contribution in [1.29, 1.82) is 0 Å². The van der Waals surface area contributed by atoms with Crippen LogP contribution in [-0.2, 0) is 0 Å². The zero-order chi connectivity index (χ0) is 11.1. The minimum Gasteiger partial charge on any atom is -0.328 e. The normalized spacial score (nSPS) is 20.1. The second kappa shape index (κ2) is 7.21. The summed E-state index contributed by atoms with van der Waals surface area (Å²) < 4.78 is 0. The van der Waals surface area contributed by atoms with Crippen LogP contribution >= 0.6 is 0 Å². The summed E-state index contributed by atoms with van der Waals surface area (Å²) in [6.07, 6.45) is 4.38. The van der Waals surface area contributed by atoms with Gasteiger partial charge in [0.05, 0.1) is 0 Å². The van der Waals surface area contributed by atoms with Gasteiger partial charge in [0.2, 0.25) is 0 Å². The van der Waals surface area contributed by atoms with E-state index in [4.69, 9.17) is 17.2 Å². The molecule has 86 valence electrons. The molecule has 0 radical (unpaired) electrons. The topological polar surface area (TPSA) is 78.1 Å². The van der Waals surface area contributed by atoms with Gasteiger partial charge < -0.3 is 17.2 Å². The SMILES string of the molecule is CC(N)CCC(CCC(C)N)C(C)N. The van der Waals surface area contributed by atoms with Crippen LogP contribution in [0.5, 0.6) is 0 Å². The summed E-state index contributed by atoms with van der Waals surface area (Å²) in [5.41, 5.74) is 17.4. The largest absolute Gasteiger partial charge is 0.328 e. The van der Waals surface area contributed by atoms with Crippen molar-refractivity contribution in [2.24, 2.45) is 23.1 Å². The summed E-state index contributed by atoms with van der Waals surface area (Å²) in [5, 5.41) is 0. The van der Waals surface area contributed by atoms with Crippen molar-refractivity contribution in [3.63, 3.8) is 0 Å². The van der Waals surface area contributed by atoms with Crippen molar-refractivity contribution in [3.05, 3.63) is 0 Å². The van der Waals surface area contributed by atoms with E-state index in [-0.39, 0.29) is 18.1 Å². The number of rotatable bonds is 7. The van der Waals surface area contributed by atoms with Crippen molar-refractivity contribution < 1.29 is 0 Å². The molecule has 0 aromatic heterocycles. The maximum atomic E-state index is 5.93. The Kier molecular flexibility index (Phi) is 7.15. The minimum atomic E-state index is 0.257. The van der Waals surface area contributed by atoms with Gasteiger partial charge in [0.15, 0.2) is 0 Å². The molecule has 0 saturated heterocycles. The van der Waals surface area contributed by atoms with Gasteiger partial charge in [0.25, 0.3) is 0 Å². The first-order valence-electron chi connectivity index (χ1n) is 5.70. The Bertz CT molecular complexity index is 120. The molecule has 0 bridgehead atoms. The Hall–Kier alpha value is -0.120. The van der Waals surface area contributed by atoms with E-state index in [0.29, 0.717) is 5.92 Å². The standard InChI is InChI=1S/C11H27N3/c1-8(12)4-6-11(10(3)14)7-5-9(2)13/h8-11H,4-7,12-14H2,1-3H3. The first-order chi connectivity index (χ1) is 6.43. The highest BCUT2D eigenvalue weighted by molar-refractivity contribution is 4.72.